The second-order valence-corrected chi connectivity index (χ2v) is 7.10. The second kappa shape index (κ2) is 11.5. The molecule has 156 valence electrons. The zero-order valence-electron chi connectivity index (χ0n) is 16.4. The summed E-state index contributed by atoms with van der Waals surface area (Å²) in [5.74, 6) is 1.66. The molecule has 2 heterocycles. The summed E-state index contributed by atoms with van der Waals surface area (Å²) in [4.78, 5) is 9.10. The minimum Gasteiger partial charge on any atom is -0.357 e. The number of hydrogen-bond donors (Lipinski definition) is 2. The topological polar surface area (TPSA) is 59.2 Å². The molecule has 0 aliphatic rings. The van der Waals surface area contributed by atoms with Crippen molar-refractivity contribution in [1.29, 1.82) is 0 Å². The summed E-state index contributed by atoms with van der Waals surface area (Å²) in [6, 6.07) is 12.2. The zero-order valence-corrected chi connectivity index (χ0v) is 20.2. The average molecular weight is 547 g/mol. The van der Waals surface area contributed by atoms with Crippen molar-refractivity contribution < 1.29 is 0 Å². The van der Waals surface area contributed by atoms with E-state index < -0.39 is 0 Å². The Bertz CT molecular complexity index is 936. The van der Waals surface area contributed by atoms with Crippen molar-refractivity contribution in [2.75, 3.05) is 6.54 Å². The smallest absolute Gasteiger partial charge is 0.192 e. The van der Waals surface area contributed by atoms with Crippen LogP contribution in [0.5, 0.6) is 0 Å². The molecule has 2 aromatic heterocycles. The molecule has 0 fully saturated rings. The third-order valence-electron chi connectivity index (χ3n) is 4.37. The predicted molar refractivity (Wildman–Crippen MR) is 130 cm³/mol. The molecule has 0 aliphatic heterocycles. The molecule has 2 N–H and O–H groups in total. The third-order valence-corrected chi connectivity index (χ3v) is 5.21. The molecule has 1 aromatic carbocycles. The van der Waals surface area contributed by atoms with Gasteiger partial charge < -0.3 is 19.8 Å². The minimum atomic E-state index is 0. The first-order valence-corrected chi connectivity index (χ1v) is 9.89. The van der Waals surface area contributed by atoms with Gasteiger partial charge in [0.2, 0.25) is 0 Å². The molecule has 3 aromatic rings. The molecule has 3 rings (SSSR count). The van der Waals surface area contributed by atoms with Crippen molar-refractivity contribution in [1.82, 2.24) is 24.8 Å². The van der Waals surface area contributed by atoms with Gasteiger partial charge in [0.15, 0.2) is 5.96 Å². The first-order valence-electron chi connectivity index (χ1n) is 9.14. The van der Waals surface area contributed by atoms with Crippen LogP contribution in [0.4, 0.5) is 0 Å². The van der Waals surface area contributed by atoms with Crippen LogP contribution in [0, 0.1) is 0 Å². The first kappa shape index (κ1) is 23.6. The number of aromatic nitrogens is 3. The van der Waals surface area contributed by atoms with Gasteiger partial charge in [0.1, 0.15) is 11.0 Å². The molecular weight excluding hydrogens is 522 g/mol. The summed E-state index contributed by atoms with van der Waals surface area (Å²) in [7, 11) is 1.87. The van der Waals surface area contributed by atoms with Crippen molar-refractivity contribution >= 4 is 53.1 Å². The first-order chi connectivity index (χ1) is 13.6. The van der Waals surface area contributed by atoms with Crippen LogP contribution in [0.3, 0.4) is 0 Å². The molecule has 0 bridgehead atoms. The molecule has 6 nitrogen and oxygen atoms in total. The van der Waals surface area contributed by atoms with E-state index in [0.29, 0.717) is 29.2 Å². The molecule has 0 aliphatic carbocycles. The van der Waals surface area contributed by atoms with Crippen LogP contribution in [0.1, 0.15) is 24.0 Å². The number of nitrogens with zero attached hydrogens (tertiary/aromatic N) is 4. The van der Waals surface area contributed by atoms with E-state index in [0.717, 1.165) is 24.6 Å². The van der Waals surface area contributed by atoms with Gasteiger partial charge in [-0.15, -0.1) is 24.0 Å². The fourth-order valence-corrected chi connectivity index (χ4v) is 3.25. The lowest BCUT2D eigenvalue weighted by molar-refractivity contribution is 0.687. The van der Waals surface area contributed by atoms with Gasteiger partial charge in [-0.2, -0.15) is 0 Å². The molecule has 0 saturated heterocycles. The molecule has 9 heteroatoms. The third kappa shape index (κ3) is 6.38. The van der Waals surface area contributed by atoms with Crippen LogP contribution >= 0.6 is 47.2 Å². The van der Waals surface area contributed by atoms with Gasteiger partial charge in [-0.3, -0.25) is 0 Å². The van der Waals surface area contributed by atoms with E-state index in [4.69, 9.17) is 23.2 Å². The highest BCUT2D eigenvalue weighted by molar-refractivity contribution is 14.0. The highest BCUT2D eigenvalue weighted by Crippen LogP contribution is 2.25. The maximum Gasteiger partial charge on any atom is 0.192 e. The molecule has 0 unspecified atom stereocenters. The SMILES string of the molecule is CCNC(=NCc1cc(Cl)c(Cl)n1C)NCc1nccn1Cc1ccccc1.I. The minimum absolute atomic E-state index is 0. The van der Waals surface area contributed by atoms with Crippen LogP contribution in [-0.2, 0) is 26.7 Å². The van der Waals surface area contributed by atoms with Crippen LogP contribution < -0.4 is 10.6 Å². The van der Waals surface area contributed by atoms with E-state index in [9.17, 15) is 0 Å². The Labute approximate surface area is 198 Å². The molecule has 0 amide bonds. The number of guanidine groups is 1. The summed E-state index contributed by atoms with van der Waals surface area (Å²) in [5, 5.41) is 7.65. The van der Waals surface area contributed by atoms with E-state index in [2.05, 4.69) is 37.3 Å². The van der Waals surface area contributed by atoms with Gasteiger partial charge in [0.05, 0.1) is 18.1 Å². The standard InChI is InChI=1S/C20H24Cl2N6.HI/c1-3-23-20(25-12-16-11-17(21)19(22)27(16)2)26-13-18-24-9-10-28(18)14-15-7-5-4-6-8-15;/h4-11H,3,12-14H2,1-2H3,(H2,23,25,26);1H. The van der Waals surface area contributed by atoms with Gasteiger partial charge in [0, 0.05) is 38.2 Å². The highest BCUT2D eigenvalue weighted by Gasteiger charge is 2.09. The predicted octanol–water partition coefficient (Wildman–Crippen LogP) is 4.45. The van der Waals surface area contributed by atoms with Crippen LogP contribution in [0.25, 0.3) is 0 Å². The lowest BCUT2D eigenvalue weighted by Gasteiger charge is -2.13. The van der Waals surface area contributed by atoms with Gasteiger partial charge in [-0.25, -0.2) is 9.98 Å². The van der Waals surface area contributed by atoms with E-state index in [1.54, 1.807) is 0 Å². The van der Waals surface area contributed by atoms with Gasteiger partial charge in [-0.05, 0) is 18.6 Å². The Hall–Kier alpha value is -1.71. The fraction of sp³-hybridized carbons (Fsp3) is 0.300. The molecule has 0 radical (unpaired) electrons. The molecule has 0 saturated carbocycles. The second-order valence-electron chi connectivity index (χ2n) is 6.34. The molecule has 0 spiro atoms. The number of rotatable bonds is 7. The summed E-state index contributed by atoms with van der Waals surface area (Å²) in [6.45, 7) is 4.62. The van der Waals surface area contributed by atoms with Crippen molar-refractivity contribution in [3.63, 3.8) is 0 Å². The van der Waals surface area contributed by atoms with Gasteiger partial charge >= 0.3 is 0 Å². The Morgan fingerprint density at radius 1 is 1.17 bits per heavy atom. The monoisotopic (exact) mass is 546 g/mol. The maximum absolute atomic E-state index is 6.13. The number of benzene rings is 1. The summed E-state index contributed by atoms with van der Waals surface area (Å²) in [6.07, 6.45) is 3.81. The number of imidazole rings is 1. The largest absolute Gasteiger partial charge is 0.357 e. The van der Waals surface area contributed by atoms with Crippen molar-refractivity contribution in [3.8, 4) is 0 Å². The average Bonchev–Trinajstić information content (AvgIpc) is 3.24. The Kier molecular flexibility index (Phi) is 9.32. The van der Waals surface area contributed by atoms with Gasteiger partial charge in [0.25, 0.3) is 0 Å². The number of halogens is 3. The lowest BCUT2D eigenvalue weighted by atomic mass is 10.2. The fourth-order valence-electron chi connectivity index (χ4n) is 2.84. The molecule has 29 heavy (non-hydrogen) atoms. The van der Waals surface area contributed by atoms with Crippen LogP contribution in [0.15, 0.2) is 53.8 Å². The lowest BCUT2D eigenvalue weighted by Crippen LogP contribution is -2.37. The van der Waals surface area contributed by atoms with Crippen molar-refractivity contribution in [2.45, 2.75) is 26.6 Å². The van der Waals surface area contributed by atoms with Crippen molar-refractivity contribution in [2.24, 2.45) is 12.0 Å². The zero-order chi connectivity index (χ0) is 19.9. The van der Waals surface area contributed by atoms with E-state index >= 15 is 0 Å². The summed E-state index contributed by atoms with van der Waals surface area (Å²) >= 11 is 12.2. The normalized spacial score (nSPS) is 11.2. The van der Waals surface area contributed by atoms with Gasteiger partial charge in [-0.1, -0.05) is 53.5 Å². The van der Waals surface area contributed by atoms with E-state index in [1.807, 2.05) is 55.2 Å². The Morgan fingerprint density at radius 3 is 2.59 bits per heavy atom. The summed E-state index contributed by atoms with van der Waals surface area (Å²) in [5.41, 5.74) is 2.18. The number of nitrogens with one attached hydrogen (secondary N) is 2. The summed E-state index contributed by atoms with van der Waals surface area (Å²) < 4.78 is 3.96. The van der Waals surface area contributed by atoms with E-state index in [-0.39, 0.29) is 24.0 Å². The molecular formula is C20H25Cl2IN6. The van der Waals surface area contributed by atoms with Crippen LogP contribution in [-0.4, -0.2) is 26.6 Å². The van der Waals surface area contributed by atoms with Crippen molar-refractivity contribution in [3.05, 3.63) is 76.0 Å². The number of aliphatic imine (C=N–C) groups is 1. The maximum atomic E-state index is 6.13. The quantitative estimate of drug-likeness (QED) is 0.261. The Morgan fingerprint density at radius 2 is 1.93 bits per heavy atom. The Balaban J connectivity index is 0.00000300. The van der Waals surface area contributed by atoms with E-state index in [1.165, 1.54) is 5.56 Å². The number of hydrogen-bond acceptors (Lipinski definition) is 2. The van der Waals surface area contributed by atoms with Crippen LogP contribution in [0.2, 0.25) is 10.2 Å². The molecule has 0 atom stereocenters. The highest BCUT2D eigenvalue weighted by atomic mass is 127.